The largest absolute Gasteiger partial charge is 0.326 e. The Labute approximate surface area is 123 Å². The molecule has 0 aliphatic heterocycles. The van der Waals surface area contributed by atoms with Gasteiger partial charge in [-0.3, -0.25) is 4.21 Å². The van der Waals surface area contributed by atoms with Crippen LogP contribution in [0, 0.1) is 6.92 Å². The Kier molecular flexibility index (Phi) is 6.32. The van der Waals surface area contributed by atoms with Gasteiger partial charge in [-0.2, -0.15) is 0 Å². The van der Waals surface area contributed by atoms with Crippen LogP contribution in [0.1, 0.15) is 24.5 Å². The van der Waals surface area contributed by atoms with E-state index in [1.54, 1.807) is 24.5 Å². The predicted octanol–water partition coefficient (Wildman–Crippen LogP) is 0.889. The average Bonchev–Trinajstić information content (AvgIpc) is 2.38. The smallest absolute Gasteiger partial charge is 0.240 e. The van der Waals surface area contributed by atoms with Gasteiger partial charge in [0.2, 0.25) is 10.0 Å². The molecule has 1 aromatic rings. The molecule has 0 aliphatic carbocycles. The molecule has 5 nitrogen and oxygen atoms in total. The van der Waals surface area contributed by atoms with Gasteiger partial charge in [-0.05, 0) is 36.6 Å². The Morgan fingerprint density at radius 2 is 2.05 bits per heavy atom. The topological polar surface area (TPSA) is 89.3 Å². The second-order valence-electron chi connectivity index (χ2n) is 4.79. The third kappa shape index (κ3) is 4.66. The summed E-state index contributed by atoms with van der Waals surface area (Å²) in [4.78, 5) is 0.234. The molecule has 0 saturated heterocycles. The maximum absolute atomic E-state index is 12.1. The van der Waals surface area contributed by atoms with Gasteiger partial charge in [0.15, 0.2) is 0 Å². The first-order valence-corrected chi connectivity index (χ1v) is 9.50. The van der Waals surface area contributed by atoms with Crippen molar-refractivity contribution in [3.63, 3.8) is 0 Å². The molecule has 0 radical (unpaired) electrons. The molecule has 0 aliphatic rings. The zero-order valence-corrected chi connectivity index (χ0v) is 13.7. The molecule has 1 rings (SSSR count). The fourth-order valence-corrected chi connectivity index (χ4v) is 3.29. The number of nitrogens with one attached hydrogen (secondary N) is 1. The van der Waals surface area contributed by atoms with Gasteiger partial charge >= 0.3 is 0 Å². The molecule has 20 heavy (non-hydrogen) atoms. The van der Waals surface area contributed by atoms with Gasteiger partial charge < -0.3 is 5.73 Å². The summed E-state index contributed by atoms with van der Waals surface area (Å²) in [7, 11) is -4.46. The SMILES string of the molecule is Cc1cc(S(=O)(=O)NCCC(C)S(C)=O)ccc1CN. The van der Waals surface area contributed by atoms with Crippen molar-refractivity contribution < 1.29 is 12.6 Å². The number of benzene rings is 1. The number of sulfonamides is 1. The van der Waals surface area contributed by atoms with Gasteiger partial charge in [-0.1, -0.05) is 13.0 Å². The Balaban J connectivity index is 2.74. The first-order chi connectivity index (χ1) is 9.27. The van der Waals surface area contributed by atoms with Crippen LogP contribution in [-0.4, -0.2) is 30.7 Å². The van der Waals surface area contributed by atoms with Crippen LogP contribution in [-0.2, 0) is 27.4 Å². The van der Waals surface area contributed by atoms with Gasteiger partial charge in [-0.25, -0.2) is 13.1 Å². The van der Waals surface area contributed by atoms with Crippen molar-refractivity contribution in [2.75, 3.05) is 12.8 Å². The van der Waals surface area contributed by atoms with Crippen molar-refractivity contribution in [3.8, 4) is 0 Å². The minimum Gasteiger partial charge on any atom is -0.326 e. The van der Waals surface area contributed by atoms with Crippen molar-refractivity contribution in [2.24, 2.45) is 5.73 Å². The van der Waals surface area contributed by atoms with E-state index in [-0.39, 0.29) is 16.7 Å². The average molecular weight is 318 g/mol. The molecule has 2 unspecified atom stereocenters. The van der Waals surface area contributed by atoms with Crippen LogP contribution >= 0.6 is 0 Å². The predicted molar refractivity (Wildman–Crippen MR) is 82.4 cm³/mol. The van der Waals surface area contributed by atoms with E-state index in [1.807, 2.05) is 13.8 Å². The van der Waals surface area contributed by atoms with Crippen LogP contribution in [0.5, 0.6) is 0 Å². The van der Waals surface area contributed by atoms with Crippen LogP contribution in [0.3, 0.4) is 0 Å². The van der Waals surface area contributed by atoms with E-state index in [9.17, 15) is 12.6 Å². The van der Waals surface area contributed by atoms with Gasteiger partial charge in [0, 0.05) is 35.4 Å². The summed E-state index contributed by atoms with van der Waals surface area (Å²) in [6.45, 7) is 4.34. The standard InChI is InChI=1S/C13H22N2O3S2/c1-10-8-13(5-4-12(10)9-14)20(17,18)15-7-6-11(2)19(3)16/h4-5,8,11,15H,6-7,9,14H2,1-3H3. The number of hydrogen-bond donors (Lipinski definition) is 2. The summed E-state index contributed by atoms with van der Waals surface area (Å²) >= 11 is 0. The van der Waals surface area contributed by atoms with Crippen molar-refractivity contribution in [2.45, 2.75) is 37.0 Å². The molecular formula is C13H22N2O3S2. The monoisotopic (exact) mass is 318 g/mol. The van der Waals surface area contributed by atoms with E-state index in [1.165, 1.54) is 0 Å². The quantitative estimate of drug-likeness (QED) is 0.781. The summed E-state index contributed by atoms with van der Waals surface area (Å²) < 4.78 is 38.0. The van der Waals surface area contributed by atoms with Crippen LogP contribution in [0.25, 0.3) is 0 Å². The number of aryl methyl sites for hydroxylation is 1. The van der Waals surface area contributed by atoms with E-state index in [2.05, 4.69) is 4.72 Å². The lowest BCUT2D eigenvalue weighted by Gasteiger charge is -2.11. The van der Waals surface area contributed by atoms with Crippen LogP contribution in [0.15, 0.2) is 23.1 Å². The third-order valence-electron chi connectivity index (χ3n) is 3.25. The lowest BCUT2D eigenvalue weighted by molar-refractivity contribution is 0.577. The molecule has 0 saturated carbocycles. The second kappa shape index (κ2) is 7.31. The lowest BCUT2D eigenvalue weighted by atomic mass is 10.1. The van der Waals surface area contributed by atoms with E-state index >= 15 is 0 Å². The molecular weight excluding hydrogens is 296 g/mol. The fourth-order valence-electron chi connectivity index (χ4n) is 1.71. The minimum atomic E-state index is -3.52. The zero-order valence-electron chi connectivity index (χ0n) is 12.0. The van der Waals surface area contributed by atoms with Crippen molar-refractivity contribution >= 4 is 20.8 Å². The molecule has 0 aromatic heterocycles. The molecule has 0 amide bonds. The normalized spacial score (nSPS) is 15.0. The molecule has 0 heterocycles. The molecule has 0 bridgehead atoms. The van der Waals surface area contributed by atoms with Crippen LogP contribution in [0.4, 0.5) is 0 Å². The zero-order chi connectivity index (χ0) is 15.3. The molecule has 1 aromatic carbocycles. The van der Waals surface area contributed by atoms with Crippen molar-refractivity contribution in [3.05, 3.63) is 29.3 Å². The summed E-state index contributed by atoms with van der Waals surface area (Å²) in [6, 6.07) is 4.90. The Morgan fingerprint density at radius 1 is 1.40 bits per heavy atom. The number of nitrogens with two attached hydrogens (primary N) is 1. The number of rotatable bonds is 7. The van der Waals surface area contributed by atoms with E-state index in [4.69, 9.17) is 5.73 Å². The Morgan fingerprint density at radius 3 is 2.55 bits per heavy atom. The maximum Gasteiger partial charge on any atom is 0.240 e. The third-order valence-corrected chi connectivity index (χ3v) is 6.08. The molecule has 7 heteroatoms. The highest BCUT2D eigenvalue weighted by atomic mass is 32.2. The fraction of sp³-hybridized carbons (Fsp3) is 0.538. The van der Waals surface area contributed by atoms with Crippen LogP contribution < -0.4 is 10.5 Å². The molecule has 3 N–H and O–H groups in total. The highest BCUT2D eigenvalue weighted by Crippen LogP contribution is 2.15. The summed E-state index contributed by atoms with van der Waals surface area (Å²) in [6.07, 6.45) is 2.16. The van der Waals surface area contributed by atoms with Crippen molar-refractivity contribution in [1.29, 1.82) is 0 Å². The van der Waals surface area contributed by atoms with E-state index < -0.39 is 20.8 Å². The highest BCUT2D eigenvalue weighted by Gasteiger charge is 2.15. The first kappa shape index (κ1) is 17.3. The summed E-state index contributed by atoms with van der Waals surface area (Å²) in [5.74, 6) is 0. The van der Waals surface area contributed by atoms with Gasteiger partial charge in [0.25, 0.3) is 0 Å². The Hall–Kier alpha value is -0.760. The Bertz CT molecular complexity index is 585. The second-order valence-corrected chi connectivity index (χ2v) is 8.36. The summed E-state index contributed by atoms with van der Waals surface area (Å²) in [5.41, 5.74) is 7.35. The maximum atomic E-state index is 12.1. The number of hydrogen-bond acceptors (Lipinski definition) is 4. The molecule has 0 spiro atoms. The molecule has 0 fully saturated rings. The van der Waals surface area contributed by atoms with Gasteiger partial charge in [0.05, 0.1) is 4.90 Å². The lowest BCUT2D eigenvalue weighted by Crippen LogP contribution is -2.27. The van der Waals surface area contributed by atoms with Crippen molar-refractivity contribution in [1.82, 2.24) is 4.72 Å². The van der Waals surface area contributed by atoms with Crippen LogP contribution in [0.2, 0.25) is 0 Å². The van der Waals surface area contributed by atoms with Gasteiger partial charge in [-0.15, -0.1) is 0 Å². The van der Waals surface area contributed by atoms with E-state index in [0.717, 1.165) is 11.1 Å². The minimum absolute atomic E-state index is 0.0287. The van der Waals surface area contributed by atoms with Gasteiger partial charge in [0.1, 0.15) is 0 Å². The molecule has 2 atom stereocenters. The molecule has 114 valence electrons. The van der Waals surface area contributed by atoms with E-state index in [0.29, 0.717) is 13.0 Å². The highest BCUT2D eigenvalue weighted by molar-refractivity contribution is 7.89. The summed E-state index contributed by atoms with van der Waals surface area (Å²) in [5, 5.41) is -0.0287. The first-order valence-electron chi connectivity index (χ1n) is 6.39.